The number of hydrogen-bond acceptors (Lipinski definition) is 5. The summed E-state index contributed by atoms with van der Waals surface area (Å²) in [6.45, 7) is 7.51. The topological polar surface area (TPSA) is 61.8 Å². The van der Waals surface area contributed by atoms with Gasteiger partial charge in [-0.25, -0.2) is 0 Å². The second-order valence-electron chi connectivity index (χ2n) is 17.0. The number of rotatable bonds is 47. The molecule has 5 nitrogen and oxygen atoms in total. The van der Waals surface area contributed by atoms with E-state index in [0.29, 0.717) is 19.4 Å². The van der Waals surface area contributed by atoms with Gasteiger partial charge in [-0.1, -0.05) is 220 Å². The predicted molar refractivity (Wildman–Crippen MR) is 279 cm³/mol. The van der Waals surface area contributed by atoms with Gasteiger partial charge in [0.15, 0.2) is 6.10 Å². The summed E-state index contributed by atoms with van der Waals surface area (Å²) in [7, 11) is 0. The van der Waals surface area contributed by atoms with E-state index in [9.17, 15) is 9.59 Å². The van der Waals surface area contributed by atoms with Gasteiger partial charge < -0.3 is 14.2 Å². The van der Waals surface area contributed by atoms with Gasteiger partial charge in [-0.2, -0.15) is 0 Å². The smallest absolute Gasteiger partial charge is 0.306 e. The highest BCUT2D eigenvalue weighted by atomic mass is 16.6. The third-order valence-corrected chi connectivity index (χ3v) is 10.8. The molecule has 0 aromatic carbocycles. The van der Waals surface area contributed by atoms with Crippen LogP contribution in [0.4, 0.5) is 0 Å². The largest absolute Gasteiger partial charge is 0.462 e. The lowest BCUT2D eigenvalue weighted by Gasteiger charge is -2.18. The molecule has 0 radical (unpaired) electrons. The van der Waals surface area contributed by atoms with Gasteiger partial charge in [0.2, 0.25) is 0 Å². The number of ether oxygens (including phenoxy) is 3. The number of unbranched alkanes of at least 4 members (excludes halogenated alkanes) is 18. The Morgan fingerprint density at radius 3 is 1.12 bits per heavy atom. The van der Waals surface area contributed by atoms with Crippen molar-refractivity contribution in [2.45, 2.75) is 232 Å². The van der Waals surface area contributed by atoms with Crippen LogP contribution in [0.2, 0.25) is 0 Å². The van der Waals surface area contributed by atoms with Gasteiger partial charge in [0.1, 0.15) is 6.61 Å². The molecule has 0 bridgehead atoms. The van der Waals surface area contributed by atoms with Crippen molar-refractivity contribution >= 4 is 11.9 Å². The fourth-order valence-electron chi connectivity index (χ4n) is 6.94. The SMILES string of the molecule is CC/C=C\C/C=C\C/C=C\C/C=C\C/C=C\CCCCCCOCC(COC(=O)CCCCCCCC/C=C\C/C=C\C/C=C\C/C=C\CC)OC(=O)CCCCCCCCCCC. The monoisotopic (exact) mass is 887 g/mol. The summed E-state index contributed by atoms with van der Waals surface area (Å²) in [5.41, 5.74) is 0. The van der Waals surface area contributed by atoms with E-state index in [1.54, 1.807) is 0 Å². The summed E-state index contributed by atoms with van der Waals surface area (Å²) in [6, 6.07) is 0. The van der Waals surface area contributed by atoms with Crippen molar-refractivity contribution in [3.05, 3.63) is 109 Å². The third-order valence-electron chi connectivity index (χ3n) is 10.8. The molecule has 5 heteroatoms. The van der Waals surface area contributed by atoms with Gasteiger partial charge in [-0.3, -0.25) is 9.59 Å². The van der Waals surface area contributed by atoms with Crippen LogP contribution in [0.25, 0.3) is 0 Å². The van der Waals surface area contributed by atoms with Gasteiger partial charge in [0, 0.05) is 19.4 Å². The molecule has 0 aromatic heterocycles. The Morgan fingerprint density at radius 1 is 0.359 bits per heavy atom. The van der Waals surface area contributed by atoms with Crippen LogP contribution in [-0.4, -0.2) is 37.9 Å². The molecule has 0 N–H and O–H groups in total. The molecular formula is C59H98O5. The summed E-state index contributed by atoms with van der Waals surface area (Å²) < 4.78 is 17.4. The Bertz CT molecular complexity index is 1280. The molecular weight excluding hydrogens is 789 g/mol. The normalized spacial score (nSPS) is 13.1. The van der Waals surface area contributed by atoms with E-state index in [-0.39, 0.29) is 25.2 Å². The molecule has 0 aliphatic rings. The zero-order valence-corrected chi connectivity index (χ0v) is 41.8. The number of esters is 2. The summed E-state index contributed by atoms with van der Waals surface area (Å²) in [6.07, 6.45) is 73.9. The lowest BCUT2D eigenvalue weighted by atomic mass is 10.1. The number of allylic oxidation sites excluding steroid dienone is 18. The third kappa shape index (κ3) is 51.2. The molecule has 0 aromatic rings. The quantitative estimate of drug-likeness (QED) is 0.0346. The van der Waals surface area contributed by atoms with Crippen LogP contribution in [0.3, 0.4) is 0 Å². The average Bonchev–Trinajstić information content (AvgIpc) is 3.30. The van der Waals surface area contributed by atoms with E-state index in [1.165, 1.54) is 70.6 Å². The molecule has 0 aliphatic carbocycles. The van der Waals surface area contributed by atoms with E-state index in [4.69, 9.17) is 14.2 Å². The first-order valence-electron chi connectivity index (χ1n) is 26.4. The fourth-order valence-corrected chi connectivity index (χ4v) is 6.94. The highest BCUT2D eigenvalue weighted by molar-refractivity contribution is 5.70. The summed E-state index contributed by atoms with van der Waals surface area (Å²) in [5, 5.41) is 0. The van der Waals surface area contributed by atoms with Gasteiger partial charge in [-0.15, -0.1) is 0 Å². The highest BCUT2D eigenvalue weighted by Crippen LogP contribution is 2.13. The second-order valence-corrected chi connectivity index (χ2v) is 17.0. The van der Waals surface area contributed by atoms with Crippen molar-refractivity contribution in [1.82, 2.24) is 0 Å². The molecule has 0 fully saturated rings. The molecule has 64 heavy (non-hydrogen) atoms. The van der Waals surface area contributed by atoms with E-state index in [0.717, 1.165) is 122 Å². The number of carbonyl (C=O) groups is 2. The Kier molecular flexibility index (Phi) is 51.0. The zero-order chi connectivity index (χ0) is 46.3. The minimum atomic E-state index is -0.560. The van der Waals surface area contributed by atoms with Crippen LogP contribution >= 0.6 is 0 Å². The molecule has 0 saturated heterocycles. The van der Waals surface area contributed by atoms with Crippen molar-refractivity contribution < 1.29 is 23.8 Å². The zero-order valence-electron chi connectivity index (χ0n) is 41.8. The van der Waals surface area contributed by atoms with E-state index in [2.05, 4.69) is 130 Å². The summed E-state index contributed by atoms with van der Waals surface area (Å²) in [4.78, 5) is 25.4. The minimum absolute atomic E-state index is 0.0624. The maximum atomic E-state index is 12.7. The molecule has 0 heterocycles. The van der Waals surface area contributed by atoms with E-state index in [1.807, 2.05) is 0 Å². The summed E-state index contributed by atoms with van der Waals surface area (Å²) >= 11 is 0. The van der Waals surface area contributed by atoms with Crippen LogP contribution in [0.15, 0.2) is 109 Å². The average molecular weight is 887 g/mol. The molecule has 0 amide bonds. The Balaban J connectivity index is 4.28. The van der Waals surface area contributed by atoms with Crippen LogP contribution in [0.5, 0.6) is 0 Å². The van der Waals surface area contributed by atoms with Crippen LogP contribution in [-0.2, 0) is 23.8 Å². The number of hydrogen-bond donors (Lipinski definition) is 0. The van der Waals surface area contributed by atoms with Gasteiger partial charge >= 0.3 is 11.9 Å². The number of carbonyl (C=O) groups excluding carboxylic acids is 2. The van der Waals surface area contributed by atoms with E-state index >= 15 is 0 Å². The highest BCUT2D eigenvalue weighted by Gasteiger charge is 2.17. The van der Waals surface area contributed by atoms with Crippen molar-refractivity contribution in [3.63, 3.8) is 0 Å². The van der Waals surface area contributed by atoms with Gasteiger partial charge in [0.25, 0.3) is 0 Å². The first-order chi connectivity index (χ1) is 31.6. The molecule has 0 saturated carbocycles. The van der Waals surface area contributed by atoms with Crippen molar-refractivity contribution in [2.75, 3.05) is 19.8 Å². The standard InChI is InChI=1S/C59H98O5/c1-4-7-10-13-16-19-21-23-25-27-29-31-33-35-37-39-42-45-48-51-54-62-55-57(64-59(61)53-50-47-44-40-18-15-12-9-6-3)56-63-58(60)52-49-46-43-41-38-36-34-32-30-28-26-24-22-20-17-14-11-8-5-2/h7-8,10-11,16-17,19-20,23-26,29-32,35,37,57H,4-6,9,12-15,18,21-22,27-28,33-34,36,38-56H2,1-3H3/b10-7-,11-8-,19-16-,20-17-,25-23-,26-24-,31-29-,32-30-,37-35-. The molecule has 0 rings (SSSR count). The predicted octanol–water partition coefficient (Wildman–Crippen LogP) is 18.0. The van der Waals surface area contributed by atoms with Gasteiger partial charge in [-0.05, 0) is 103 Å². The van der Waals surface area contributed by atoms with Crippen molar-refractivity contribution in [3.8, 4) is 0 Å². The second kappa shape index (κ2) is 53.9. The first-order valence-corrected chi connectivity index (χ1v) is 26.4. The fraction of sp³-hybridized carbons (Fsp3) is 0.661. The molecule has 0 aliphatic heterocycles. The van der Waals surface area contributed by atoms with Crippen LogP contribution in [0.1, 0.15) is 226 Å². The molecule has 0 spiro atoms. The molecule has 1 unspecified atom stereocenters. The maximum Gasteiger partial charge on any atom is 0.306 e. The lowest BCUT2D eigenvalue weighted by Crippen LogP contribution is -2.30. The lowest BCUT2D eigenvalue weighted by molar-refractivity contribution is -0.163. The van der Waals surface area contributed by atoms with Crippen molar-refractivity contribution in [2.24, 2.45) is 0 Å². The summed E-state index contributed by atoms with van der Waals surface area (Å²) in [5.74, 6) is -0.434. The minimum Gasteiger partial charge on any atom is -0.462 e. The Morgan fingerprint density at radius 2 is 0.703 bits per heavy atom. The van der Waals surface area contributed by atoms with E-state index < -0.39 is 6.10 Å². The maximum absolute atomic E-state index is 12.7. The van der Waals surface area contributed by atoms with Gasteiger partial charge in [0.05, 0.1) is 6.61 Å². The first kappa shape index (κ1) is 60.6. The molecule has 364 valence electrons. The Hall–Kier alpha value is -3.44. The van der Waals surface area contributed by atoms with Crippen molar-refractivity contribution in [1.29, 1.82) is 0 Å². The Labute approximate surface area is 395 Å². The molecule has 1 atom stereocenters. The van der Waals surface area contributed by atoms with Crippen LogP contribution < -0.4 is 0 Å². The van der Waals surface area contributed by atoms with Crippen LogP contribution in [0, 0.1) is 0 Å².